The van der Waals surface area contributed by atoms with Crippen LogP contribution in [0.25, 0.3) is 0 Å². The van der Waals surface area contributed by atoms with Crippen molar-refractivity contribution < 1.29 is 19.2 Å². The quantitative estimate of drug-likeness (QED) is 0.496. The lowest BCUT2D eigenvalue weighted by molar-refractivity contribution is -0.385. The van der Waals surface area contributed by atoms with Gasteiger partial charge >= 0.3 is 5.97 Å². The Morgan fingerprint density at radius 3 is 2.56 bits per heavy atom. The fourth-order valence-corrected chi connectivity index (χ4v) is 2.23. The number of carbonyl (C=O) groups excluding carboxylic acids is 2. The molecule has 0 aliphatic carbocycles. The summed E-state index contributed by atoms with van der Waals surface area (Å²) < 4.78 is 5.04. The molecule has 0 unspecified atom stereocenters. The number of halogens is 1. The van der Waals surface area contributed by atoms with Gasteiger partial charge in [-0.3, -0.25) is 14.9 Å². The normalized spacial score (nSPS) is 11.5. The number of benzene rings is 2. The lowest BCUT2D eigenvalue weighted by atomic mass is 10.2. The number of esters is 1. The molecule has 2 aromatic carbocycles. The van der Waals surface area contributed by atoms with Crippen molar-refractivity contribution in [1.29, 1.82) is 0 Å². The third-order valence-corrected chi connectivity index (χ3v) is 3.67. The smallest absolute Gasteiger partial charge is 0.345 e. The average Bonchev–Trinajstić information content (AvgIpc) is 2.56. The highest BCUT2D eigenvalue weighted by atomic mass is 35.5. The Labute approximate surface area is 148 Å². The molecule has 0 saturated carbocycles. The van der Waals surface area contributed by atoms with Crippen molar-refractivity contribution in [1.82, 2.24) is 0 Å². The maximum Gasteiger partial charge on any atom is 0.345 e. The molecule has 2 aromatic rings. The van der Waals surface area contributed by atoms with Gasteiger partial charge in [-0.1, -0.05) is 29.8 Å². The molecule has 1 amide bonds. The number of para-hydroxylation sites is 1. The molecule has 1 atom stereocenters. The van der Waals surface area contributed by atoms with E-state index >= 15 is 0 Å². The van der Waals surface area contributed by atoms with Crippen LogP contribution in [0.15, 0.2) is 42.5 Å². The fraction of sp³-hybridized carbons (Fsp3) is 0.176. The van der Waals surface area contributed by atoms with Crippen molar-refractivity contribution in [2.45, 2.75) is 20.0 Å². The number of carbonyl (C=O) groups is 2. The van der Waals surface area contributed by atoms with Crippen LogP contribution in [-0.2, 0) is 9.53 Å². The van der Waals surface area contributed by atoms with Crippen LogP contribution in [0.3, 0.4) is 0 Å². The summed E-state index contributed by atoms with van der Waals surface area (Å²) >= 11 is 5.78. The Morgan fingerprint density at radius 1 is 1.24 bits per heavy atom. The molecule has 0 aliphatic heterocycles. The number of ether oxygens (including phenoxy) is 1. The summed E-state index contributed by atoms with van der Waals surface area (Å²) in [5.41, 5.74) is 0.679. The first-order valence-electron chi connectivity index (χ1n) is 7.31. The number of nitrogens with zero attached hydrogens (tertiary/aromatic N) is 1. The summed E-state index contributed by atoms with van der Waals surface area (Å²) in [5.74, 6) is -1.55. The molecule has 0 spiro atoms. The predicted molar refractivity (Wildman–Crippen MR) is 92.8 cm³/mol. The molecule has 0 aromatic heterocycles. The molecule has 0 bridgehead atoms. The zero-order valence-electron chi connectivity index (χ0n) is 13.5. The minimum Gasteiger partial charge on any atom is -0.449 e. The van der Waals surface area contributed by atoms with E-state index in [4.69, 9.17) is 16.3 Å². The van der Waals surface area contributed by atoms with Crippen LogP contribution in [0.5, 0.6) is 0 Å². The van der Waals surface area contributed by atoms with E-state index in [2.05, 4.69) is 5.32 Å². The summed E-state index contributed by atoms with van der Waals surface area (Å²) in [5, 5.41) is 13.8. The zero-order valence-corrected chi connectivity index (χ0v) is 14.2. The Kier molecular flexibility index (Phi) is 5.71. The molecule has 1 N–H and O–H groups in total. The fourth-order valence-electron chi connectivity index (χ4n) is 2.06. The number of aryl methyl sites for hydroxylation is 1. The van der Waals surface area contributed by atoms with Gasteiger partial charge in [0, 0.05) is 16.8 Å². The summed E-state index contributed by atoms with van der Waals surface area (Å²) in [4.78, 5) is 34.7. The van der Waals surface area contributed by atoms with Crippen LogP contribution in [0.2, 0.25) is 5.02 Å². The zero-order chi connectivity index (χ0) is 18.6. The highest BCUT2D eigenvalue weighted by Gasteiger charge is 2.26. The molecule has 0 radical (unpaired) electrons. The third kappa shape index (κ3) is 4.54. The Morgan fingerprint density at radius 2 is 1.92 bits per heavy atom. The maximum absolute atomic E-state index is 12.2. The highest BCUT2D eigenvalue weighted by Crippen LogP contribution is 2.24. The van der Waals surface area contributed by atoms with Crippen LogP contribution in [0.1, 0.15) is 22.8 Å². The molecule has 2 rings (SSSR count). The lowest BCUT2D eigenvalue weighted by Gasteiger charge is -2.14. The number of rotatable bonds is 5. The summed E-state index contributed by atoms with van der Waals surface area (Å²) in [7, 11) is 0. The van der Waals surface area contributed by atoms with Gasteiger partial charge in [0.25, 0.3) is 11.6 Å². The van der Waals surface area contributed by atoms with E-state index in [9.17, 15) is 19.7 Å². The van der Waals surface area contributed by atoms with E-state index in [1.165, 1.54) is 13.0 Å². The van der Waals surface area contributed by atoms with Crippen molar-refractivity contribution in [2.24, 2.45) is 0 Å². The van der Waals surface area contributed by atoms with E-state index in [1.807, 2.05) is 19.1 Å². The first-order chi connectivity index (χ1) is 11.8. The second-order valence-corrected chi connectivity index (χ2v) is 5.71. The molecule has 8 heteroatoms. The Bertz CT molecular complexity index is 838. The van der Waals surface area contributed by atoms with Gasteiger partial charge in [0.2, 0.25) is 0 Å². The minimum atomic E-state index is -1.15. The molecule has 0 fully saturated rings. The van der Waals surface area contributed by atoms with Crippen molar-refractivity contribution in [3.63, 3.8) is 0 Å². The third-order valence-electron chi connectivity index (χ3n) is 3.43. The summed E-state index contributed by atoms with van der Waals surface area (Å²) in [6.45, 7) is 3.20. The van der Waals surface area contributed by atoms with Crippen LogP contribution in [0.4, 0.5) is 11.4 Å². The topological polar surface area (TPSA) is 98.5 Å². The molecular formula is C17H15ClN2O5. The van der Waals surface area contributed by atoms with E-state index in [-0.39, 0.29) is 10.6 Å². The molecule has 7 nitrogen and oxygen atoms in total. The number of hydrogen-bond acceptors (Lipinski definition) is 5. The van der Waals surface area contributed by atoms with Crippen molar-refractivity contribution in [3.05, 3.63) is 68.7 Å². The number of hydrogen-bond donors (Lipinski definition) is 1. The molecule has 130 valence electrons. The largest absolute Gasteiger partial charge is 0.449 e. The van der Waals surface area contributed by atoms with Gasteiger partial charge in [0.1, 0.15) is 5.56 Å². The molecular weight excluding hydrogens is 348 g/mol. The van der Waals surface area contributed by atoms with Gasteiger partial charge in [0.15, 0.2) is 6.10 Å². The predicted octanol–water partition coefficient (Wildman–Crippen LogP) is 3.74. The van der Waals surface area contributed by atoms with Crippen molar-refractivity contribution in [3.8, 4) is 0 Å². The van der Waals surface area contributed by atoms with Gasteiger partial charge in [-0.05, 0) is 37.6 Å². The van der Waals surface area contributed by atoms with Crippen LogP contribution >= 0.6 is 11.6 Å². The van der Waals surface area contributed by atoms with Crippen LogP contribution in [0, 0.1) is 17.0 Å². The van der Waals surface area contributed by atoms with Gasteiger partial charge in [-0.2, -0.15) is 0 Å². The molecule has 0 heterocycles. The molecule has 25 heavy (non-hydrogen) atoms. The lowest BCUT2D eigenvalue weighted by Crippen LogP contribution is -2.30. The van der Waals surface area contributed by atoms with Crippen molar-refractivity contribution in [2.75, 3.05) is 5.32 Å². The van der Waals surface area contributed by atoms with E-state index in [1.54, 1.807) is 12.1 Å². The first kappa shape index (κ1) is 18.4. The summed E-state index contributed by atoms with van der Waals surface area (Å²) in [6, 6.07) is 10.7. The van der Waals surface area contributed by atoms with Gasteiger partial charge in [-0.15, -0.1) is 0 Å². The van der Waals surface area contributed by atoms with E-state index in [0.29, 0.717) is 5.69 Å². The molecule has 0 aliphatic rings. The summed E-state index contributed by atoms with van der Waals surface area (Å²) in [6.07, 6.45) is -1.15. The number of nitro benzene ring substituents is 1. The monoisotopic (exact) mass is 362 g/mol. The highest BCUT2D eigenvalue weighted by molar-refractivity contribution is 6.31. The van der Waals surface area contributed by atoms with Crippen LogP contribution in [-0.4, -0.2) is 22.9 Å². The van der Waals surface area contributed by atoms with Gasteiger partial charge < -0.3 is 10.1 Å². The maximum atomic E-state index is 12.2. The van der Waals surface area contributed by atoms with Crippen LogP contribution < -0.4 is 5.32 Å². The van der Waals surface area contributed by atoms with Gasteiger partial charge in [0.05, 0.1) is 4.92 Å². The minimum absolute atomic E-state index is 0.148. The standard InChI is InChI=1S/C17H15ClN2O5/c1-10-5-3-4-6-14(10)19-16(21)11(2)25-17(22)13-9-12(18)7-8-15(13)20(23)24/h3-9,11H,1-2H3,(H,19,21)/t11-/m0/s1. The Balaban J connectivity index is 2.12. The number of nitrogens with one attached hydrogen (secondary N) is 1. The second-order valence-electron chi connectivity index (χ2n) is 5.27. The average molecular weight is 363 g/mol. The first-order valence-corrected chi connectivity index (χ1v) is 7.69. The SMILES string of the molecule is Cc1ccccc1NC(=O)[C@H](C)OC(=O)c1cc(Cl)ccc1[N+](=O)[O-]. The van der Waals surface area contributed by atoms with E-state index < -0.39 is 28.6 Å². The number of nitro groups is 1. The Hall–Kier alpha value is -2.93. The number of amides is 1. The van der Waals surface area contributed by atoms with E-state index in [0.717, 1.165) is 17.7 Å². The van der Waals surface area contributed by atoms with Gasteiger partial charge in [-0.25, -0.2) is 4.79 Å². The van der Waals surface area contributed by atoms with Crippen molar-refractivity contribution >= 4 is 34.9 Å². The second kappa shape index (κ2) is 7.76. The molecule has 0 saturated heterocycles. The number of anilines is 1.